The van der Waals surface area contributed by atoms with E-state index in [9.17, 15) is 0 Å². The van der Waals surface area contributed by atoms with Crippen LogP contribution in [0.15, 0.2) is 36.2 Å². The van der Waals surface area contributed by atoms with E-state index in [4.69, 9.17) is 0 Å². The van der Waals surface area contributed by atoms with Crippen molar-refractivity contribution in [2.45, 2.75) is 20.0 Å². The molecule has 1 unspecified atom stereocenters. The van der Waals surface area contributed by atoms with Crippen LogP contribution >= 0.6 is 23.7 Å². The Morgan fingerprint density at radius 2 is 2.41 bits per heavy atom. The van der Waals surface area contributed by atoms with Gasteiger partial charge in [0.05, 0.1) is 6.33 Å². The zero-order valence-electron chi connectivity index (χ0n) is 9.87. The SMILES string of the molecule is CC(CNCc1cccs1)Cn1ccnc1.Cl. The Morgan fingerprint density at radius 1 is 1.53 bits per heavy atom. The monoisotopic (exact) mass is 271 g/mol. The fraction of sp³-hybridized carbons (Fsp3) is 0.417. The van der Waals surface area contributed by atoms with Gasteiger partial charge in [-0.15, -0.1) is 23.7 Å². The first-order valence-corrected chi connectivity index (χ1v) is 6.41. The molecule has 0 aliphatic carbocycles. The average Bonchev–Trinajstić information content (AvgIpc) is 2.90. The van der Waals surface area contributed by atoms with Crippen molar-refractivity contribution >= 4 is 23.7 Å². The molecule has 1 N–H and O–H groups in total. The molecule has 17 heavy (non-hydrogen) atoms. The first kappa shape index (κ1) is 14.2. The summed E-state index contributed by atoms with van der Waals surface area (Å²) < 4.78 is 2.12. The Kier molecular flexibility index (Phi) is 6.26. The summed E-state index contributed by atoms with van der Waals surface area (Å²) in [6, 6.07) is 4.26. The van der Waals surface area contributed by atoms with Gasteiger partial charge in [-0.2, -0.15) is 0 Å². The van der Waals surface area contributed by atoms with Gasteiger partial charge in [-0.05, 0) is 23.9 Å². The largest absolute Gasteiger partial charge is 0.337 e. The fourth-order valence-corrected chi connectivity index (χ4v) is 2.35. The zero-order chi connectivity index (χ0) is 11.2. The van der Waals surface area contributed by atoms with Gasteiger partial charge < -0.3 is 9.88 Å². The summed E-state index contributed by atoms with van der Waals surface area (Å²) in [7, 11) is 0. The van der Waals surface area contributed by atoms with E-state index in [1.807, 2.05) is 18.7 Å². The molecule has 0 fully saturated rings. The van der Waals surface area contributed by atoms with Gasteiger partial charge in [-0.3, -0.25) is 0 Å². The van der Waals surface area contributed by atoms with Crippen molar-refractivity contribution in [3.63, 3.8) is 0 Å². The van der Waals surface area contributed by atoms with Gasteiger partial charge in [0, 0.05) is 30.4 Å². The molecule has 0 amide bonds. The molecule has 94 valence electrons. The number of aromatic nitrogens is 2. The van der Waals surface area contributed by atoms with Crippen molar-refractivity contribution in [3.05, 3.63) is 41.1 Å². The second-order valence-electron chi connectivity index (χ2n) is 4.07. The lowest BCUT2D eigenvalue weighted by molar-refractivity contribution is 0.446. The molecule has 5 heteroatoms. The van der Waals surface area contributed by atoms with E-state index < -0.39 is 0 Å². The van der Waals surface area contributed by atoms with E-state index in [0.717, 1.165) is 19.6 Å². The Bertz CT molecular complexity index is 386. The van der Waals surface area contributed by atoms with Crippen molar-refractivity contribution in [2.75, 3.05) is 6.54 Å². The lowest BCUT2D eigenvalue weighted by atomic mass is 10.2. The van der Waals surface area contributed by atoms with Gasteiger partial charge in [0.25, 0.3) is 0 Å². The van der Waals surface area contributed by atoms with Crippen molar-refractivity contribution in [1.82, 2.24) is 14.9 Å². The van der Waals surface area contributed by atoms with E-state index in [1.165, 1.54) is 4.88 Å². The molecule has 0 aliphatic rings. The van der Waals surface area contributed by atoms with Gasteiger partial charge in [0.2, 0.25) is 0 Å². The lowest BCUT2D eigenvalue weighted by Gasteiger charge is -2.12. The van der Waals surface area contributed by atoms with E-state index in [1.54, 1.807) is 11.3 Å². The highest BCUT2D eigenvalue weighted by Gasteiger charge is 2.02. The first-order valence-electron chi connectivity index (χ1n) is 5.53. The summed E-state index contributed by atoms with van der Waals surface area (Å²) in [6.45, 7) is 5.29. The van der Waals surface area contributed by atoms with E-state index in [2.05, 4.69) is 39.3 Å². The van der Waals surface area contributed by atoms with Gasteiger partial charge >= 0.3 is 0 Å². The molecule has 3 nitrogen and oxygen atoms in total. The van der Waals surface area contributed by atoms with Crippen LogP contribution in [0.2, 0.25) is 0 Å². The quantitative estimate of drug-likeness (QED) is 0.876. The average molecular weight is 272 g/mol. The van der Waals surface area contributed by atoms with Crippen LogP contribution in [0.5, 0.6) is 0 Å². The summed E-state index contributed by atoms with van der Waals surface area (Å²) in [5.74, 6) is 0.620. The highest BCUT2D eigenvalue weighted by atomic mass is 35.5. The van der Waals surface area contributed by atoms with Crippen LogP contribution in [-0.4, -0.2) is 16.1 Å². The highest BCUT2D eigenvalue weighted by molar-refractivity contribution is 7.09. The number of hydrogen-bond donors (Lipinski definition) is 1. The predicted octanol–water partition coefficient (Wildman–Crippen LogP) is 2.79. The van der Waals surface area contributed by atoms with E-state index in [-0.39, 0.29) is 12.4 Å². The Morgan fingerprint density at radius 3 is 3.06 bits per heavy atom. The number of rotatable bonds is 6. The van der Waals surface area contributed by atoms with Crippen LogP contribution in [0.1, 0.15) is 11.8 Å². The molecular formula is C12H18ClN3S. The molecule has 0 radical (unpaired) electrons. The van der Waals surface area contributed by atoms with Crippen LogP contribution in [-0.2, 0) is 13.1 Å². The van der Waals surface area contributed by atoms with Crippen LogP contribution in [0.4, 0.5) is 0 Å². The molecule has 2 heterocycles. The van der Waals surface area contributed by atoms with Crippen LogP contribution in [0.25, 0.3) is 0 Å². The molecule has 0 aromatic carbocycles. The maximum Gasteiger partial charge on any atom is 0.0946 e. The van der Waals surface area contributed by atoms with Crippen LogP contribution < -0.4 is 5.32 Å². The highest BCUT2D eigenvalue weighted by Crippen LogP contribution is 2.07. The molecule has 0 spiro atoms. The second kappa shape index (κ2) is 7.48. The minimum absolute atomic E-state index is 0. The maximum atomic E-state index is 4.04. The summed E-state index contributed by atoms with van der Waals surface area (Å²) in [4.78, 5) is 5.44. The number of hydrogen-bond acceptors (Lipinski definition) is 3. The van der Waals surface area contributed by atoms with Gasteiger partial charge in [-0.1, -0.05) is 13.0 Å². The summed E-state index contributed by atoms with van der Waals surface area (Å²) in [6.07, 6.45) is 5.71. The van der Waals surface area contributed by atoms with E-state index in [0.29, 0.717) is 5.92 Å². The summed E-state index contributed by atoms with van der Waals surface area (Å²) >= 11 is 1.80. The zero-order valence-corrected chi connectivity index (χ0v) is 11.5. The number of nitrogens with zero attached hydrogens (tertiary/aromatic N) is 2. The number of halogens is 1. The van der Waals surface area contributed by atoms with Crippen molar-refractivity contribution in [1.29, 1.82) is 0 Å². The third kappa shape index (κ3) is 4.89. The molecule has 1 atom stereocenters. The van der Waals surface area contributed by atoms with Gasteiger partial charge in [0.15, 0.2) is 0 Å². The van der Waals surface area contributed by atoms with E-state index >= 15 is 0 Å². The van der Waals surface area contributed by atoms with Gasteiger partial charge in [0.1, 0.15) is 0 Å². The van der Waals surface area contributed by atoms with Crippen molar-refractivity contribution in [2.24, 2.45) is 5.92 Å². The normalized spacial score (nSPS) is 12.1. The topological polar surface area (TPSA) is 29.9 Å². The third-order valence-electron chi connectivity index (χ3n) is 2.45. The molecule has 0 saturated carbocycles. The first-order chi connectivity index (χ1) is 7.84. The van der Waals surface area contributed by atoms with Gasteiger partial charge in [-0.25, -0.2) is 4.98 Å². The fourth-order valence-electron chi connectivity index (χ4n) is 1.67. The predicted molar refractivity (Wildman–Crippen MR) is 74.7 cm³/mol. The Balaban J connectivity index is 0.00000144. The number of thiophene rings is 1. The minimum atomic E-state index is 0. The van der Waals surface area contributed by atoms with Crippen molar-refractivity contribution in [3.8, 4) is 0 Å². The van der Waals surface area contributed by atoms with Crippen molar-refractivity contribution < 1.29 is 0 Å². The molecule has 2 aromatic heterocycles. The minimum Gasteiger partial charge on any atom is -0.337 e. The Labute approximate surface area is 112 Å². The molecular weight excluding hydrogens is 254 g/mol. The Hall–Kier alpha value is -0.840. The standard InChI is InChI=1S/C12H17N3S.ClH/c1-11(9-15-5-4-13-10-15)7-14-8-12-3-2-6-16-12;/h2-6,10-11,14H,7-9H2,1H3;1H. The molecule has 0 bridgehead atoms. The van der Waals surface area contributed by atoms with Crippen LogP contribution in [0, 0.1) is 5.92 Å². The lowest BCUT2D eigenvalue weighted by Crippen LogP contribution is -2.23. The molecule has 0 saturated heterocycles. The summed E-state index contributed by atoms with van der Waals surface area (Å²) in [5.41, 5.74) is 0. The summed E-state index contributed by atoms with van der Waals surface area (Å²) in [5, 5.41) is 5.59. The molecule has 2 rings (SSSR count). The second-order valence-corrected chi connectivity index (χ2v) is 5.11. The number of imidazole rings is 1. The molecule has 0 aliphatic heterocycles. The molecule has 2 aromatic rings. The number of nitrogens with one attached hydrogen (secondary N) is 1. The maximum absolute atomic E-state index is 4.04. The third-order valence-corrected chi connectivity index (χ3v) is 3.33. The smallest absolute Gasteiger partial charge is 0.0946 e. The van der Waals surface area contributed by atoms with Crippen LogP contribution in [0.3, 0.4) is 0 Å².